The van der Waals surface area contributed by atoms with Gasteiger partial charge in [-0.1, -0.05) is 0 Å². The van der Waals surface area contributed by atoms with Crippen LogP contribution in [0, 0.1) is 11.3 Å². The molecular formula is C15H13N3O4S. The summed E-state index contributed by atoms with van der Waals surface area (Å²) < 4.78 is 10.1. The molecule has 0 aromatic carbocycles. The number of ether oxygens (including phenoxy) is 2. The van der Waals surface area contributed by atoms with Crippen LogP contribution < -0.4 is 5.73 Å². The first-order valence-electron chi connectivity index (χ1n) is 6.64. The summed E-state index contributed by atoms with van der Waals surface area (Å²) in [4.78, 5) is 27.9. The topological polar surface area (TPSA) is 115 Å². The summed E-state index contributed by atoms with van der Waals surface area (Å²) in [5.74, 6) is -1.18. The molecular weight excluding hydrogens is 318 g/mol. The highest BCUT2D eigenvalue weighted by atomic mass is 32.1. The van der Waals surface area contributed by atoms with Crippen molar-refractivity contribution in [3.8, 4) is 6.07 Å². The zero-order chi connectivity index (χ0) is 16.8. The average Bonchev–Trinajstić information content (AvgIpc) is 2.89. The second-order valence-corrected chi connectivity index (χ2v) is 5.35. The van der Waals surface area contributed by atoms with Gasteiger partial charge in [-0.3, -0.25) is 4.98 Å². The minimum Gasteiger partial charge on any atom is -0.462 e. The number of hydrogen-bond donors (Lipinski definition) is 1. The van der Waals surface area contributed by atoms with E-state index >= 15 is 0 Å². The van der Waals surface area contributed by atoms with Crippen molar-refractivity contribution in [2.45, 2.75) is 13.5 Å². The smallest absolute Gasteiger partial charge is 0.348 e. The third-order valence-corrected chi connectivity index (χ3v) is 3.91. The predicted molar refractivity (Wildman–Crippen MR) is 82.8 cm³/mol. The Morgan fingerprint density at radius 1 is 1.30 bits per heavy atom. The van der Waals surface area contributed by atoms with Gasteiger partial charge in [-0.15, -0.1) is 11.3 Å². The third-order valence-electron chi connectivity index (χ3n) is 2.87. The molecule has 0 radical (unpaired) electrons. The number of thiophene rings is 1. The quantitative estimate of drug-likeness (QED) is 0.834. The van der Waals surface area contributed by atoms with E-state index in [0.29, 0.717) is 5.56 Å². The Kier molecular flexibility index (Phi) is 5.28. The number of carbonyl (C=O) groups is 2. The van der Waals surface area contributed by atoms with Crippen LogP contribution >= 0.6 is 11.3 Å². The first kappa shape index (κ1) is 16.5. The van der Waals surface area contributed by atoms with Crippen molar-refractivity contribution in [2.24, 2.45) is 0 Å². The third kappa shape index (κ3) is 3.64. The Balaban J connectivity index is 2.23. The van der Waals surface area contributed by atoms with Crippen molar-refractivity contribution in [3.63, 3.8) is 0 Å². The lowest BCUT2D eigenvalue weighted by molar-refractivity contribution is 0.0452. The number of nitrogen functional groups attached to an aromatic ring is 1. The summed E-state index contributed by atoms with van der Waals surface area (Å²) >= 11 is 0.941. The molecule has 0 saturated carbocycles. The summed E-state index contributed by atoms with van der Waals surface area (Å²) in [5, 5.41) is 9.37. The number of pyridine rings is 1. The molecule has 0 unspecified atom stereocenters. The predicted octanol–water partition coefficient (Wildman–Crippen LogP) is 2.13. The highest BCUT2D eigenvalue weighted by molar-refractivity contribution is 7.18. The molecule has 0 amide bonds. The number of esters is 2. The second kappa shape index (κ2) is 7.38. The lowest BCUT2D eigenvalue weighted by Gasteiger charge is -2.06. The summed E-state index contributed by atoms with van der Waals surface area (Å²) in [6.45, 7) is 1.61. The van der Waals surface area contributed by atoms with E-state index in [1.807, 2.05) is 6.07 Å². The van der Waals surface area contributed by atoms with E-state index in [1.54, 1.807) is 6.92 Å². The maximum absolute atomic E-state index is 12.0. The van der Waals surface area contributed by atoms with Gasteiger partial charge in [-0.25, -0.2) is 9.59 Å². The van der Waals surface area contributed by atoms with E-state index in [9.17, 15) is 14.9 Å². The molecule has 2 heterocycles. The van der Waals surface area contributed by atoms with E-state index in [4.69, 9.17) is 15.2 Å². The molecule has 118 valence electrons. The number of carbonyl (C=O) groups excluding carboxylic acids is 2. The number of hydrogen-bond acceptors (Lipinski definition) is 8. The standard InChI is InChI=1S/C15H13N3O4S/c1-2-21-15(20)12-11(10(7-16)13(17)23-12)8-22-14(19)9-3-5-18-6-4-9/h3-6H,2,8,17H2,1H3. The van der Waals surface area contributed by atoms with Crippen molar-refractivity contribution in [3.05, 3.63) is 46.1 Å². The normalized spacial score (nSPS) is 9.91. The zero-order valence-corrected chi connectivity index (χ0v) is 13.1. The van der Waals surface area contributed by atoms with Gasteiger partial charge in [0, 0.05) is 18.0 Å². The van der Waals surface area contributed by atoms with Crippen molar-refractivity contribution < 1.29 is 19.1 Å². The van der Waals surface area contributed by atoms with Crippen LogP contribution in [0.3, 0.4) is 0 Å². The maximum atomic E-state index is 12.0. The Hall–Kier alpha value is -2.92. The summed E-state index contributed by atoms with van der Waals surface area (Å²) in [6.07, 6.45) is 2.92. The van der Waals surface area contributed by atoms with Gasteiger partial charge in [0.2, 0.25) is 0 Å². The molecule has 0 aliphatic rings. The van der Waals surface area contributed by atoms with Gasteiger partial charge >= 0.3 is 11.9 Å². The molecule has 2 rings (SSSR count). The second-order valence-electron chi connectivity index (χ2n) is 4.29. The first-order chi connectivity index (χ1) is 11.1. The Labute approximate surface area is 136 Å². The van der Waals surface area contributed by atoms with Gasteiger partial charge in [-0.05, 0) is 19.1 Å². The molecule has 23 heavy (non-hydrogen) atoms. The van der Waals surface area contributed by atoms with Crippen LogP contribution in [0.2, 0.25) is 0 Å². The van der Waals surface area contributed by atoms with Crippen LogP contribution in [0.4, 0.5) is 5.00 Å². The van der Waals surface area contributed by atoms with Crippen LogP contribution in [0.25, 0.3) is 0 Å². The largest absolute Gasteiger partial charge is 0.462 e. The van der Waals surface area contributed by atoms with E-state index < -0.39 is 11.9 Å². The number of nitrogens with two attached hydrogens (primary N) is 1. The zero-order valence-electron chi connectivity index (χ0n) is 12.2. The highest BCUT2D eigenvalue weighted by Gasteiger charge is 2.24. The van der Waals surface area contributed by atoms with Gasteiger partial charge in [0.1, 0.15) is 22.6 Å². The molecule has 0 saturated heterocycles. The van der Waals surface area contributed by atoms with Gasteiger partial charge in [-0.2, -0.15) is 5.26 Å². The van der Waals surface area contributed by atoms with Gasteiger partial charge in [0.05, 0.1) is 17.7 Å². The van der Waals surface area contributed by atoms with Crippen LogP contribution in [0.1, 0.15) is 38.1 Å². The Bertz CT molecular complexity index is 765. The fraction of sp³-hybridized carbons (Fsp3) is 0.200. The molecule has 2 aromatic heterocycles. The molecule has 0 atom stereocenters. The molecule has 2 N–H and O–H groups in total. The van der Waals surface area contributed by atoms with E-state index in [2.05, 4.69) is 4.98 Å². The Morgan fingerprint density at radius 3 is 2.61 bits per heavy atom. The lowest BCUT2D eigenvalue weighted by atomic mass is 10.1. The van der Waals surface area contributed by atoms with Crippen molar-refractivity contribution >= 4 is 28.3 Å². The minimum atomic E-state index is -0.597. The lowest BCUT2D eigenvalue weighted by Crippen LogP contribution is -2.10. The van der Waals surface area contributed by atoms with Crippen LogP contribution in [-0.2, 0) is 16.1 Å². The number of rotatable bonds is 5. The molecule has 7 nitrogen and oxygen atoms in total. The molecule has 0 aliphatic heterocycles. The molecule has 2 aromatic rings. The molecule has 0 fully saturated rings. The summed E-state index contributed by atoms with van der Waals surface area (Å²) in [6, 6.07) is 4.92. The maximum Gasteiger partial charge on any atom is 0.348 e. The van der Waals surface area contributed by atoms with Crippen LogP contribution in [0.15, 0.2) is 24.5 Å². The van der Waals surface area contributed by atoms with Gasteiger partial charge in [0.15, 0.2) is 0 Å². The molecule has 0 bridgehead atoms. The van der Waals surface area contributed by atoms with E-state index in [-0.39, 0.29) is 34.2 Å². The van der Waals surface area contributed by atoms with Gasteiger partial charge in [0.25, 0.3) is 0 Å². The average molecular weight is 331 g/mol. The number of nitriles is 1. The van der Waals surface area contributed by atoms with Crippen molar-refractivity contribution in [2.75, 3.05) is 12.3 Å². The number of anilines is 1. The van der Waals surface area contributed by atoms with Crippen LogP contribution in [0.5, 0.6) is 0 Å². The van der Waals surface area contributed by atoms with Crippen molar-refractivity contribution in [1.29, 1.82) is 5.26 Å². The van der Waals surface area contributed by atoms with E-state index in [1.165, 1.54) is 24.5 Å². The fourth-order valence-electron chi connectivity index (χ4n) is 1.82. The summed E-state index contributed by atoms with van der Waals surface area (Å²) in [5.41, 5.74) is 6.45. The molecule has 8 heteroatoms. The first-order valence-corrected chi connectivity index (χ1v) is 7.45. The number of aromatic nitrogens is 1. The van der Waals surface area contributed by atoms with E-state index in [0.717, 1.165) is 11.3 Å². The van der Waals surface area contributed by atoms with Gasteiger partial charge < -0.3 is 15.2 Å². The molecule has 0 spiro atoms. The van der Waals surface area contributed by atoms with Crippen LogP contribution in [-0.4, -0.2) is 23.5 Å². The monoisotopic (exact) mass is 331 g/mol. The highest BCUT2D eigenvalue weighted by Crippen LogP contribution is 2.32. The molecule has 0 aliphatic carbocycles. The summed E-state index contributed by atoms with van der Waals surface area (Å²) in [7, 11) is 0. The van der Waals surface area contributed by atoms with Crippen molar-refractivity contribution in [1.82, 2.24) is 4.98 Å². The number of nitrogens with zero attached hydrogens (tertiary/aromatic N) is 2. The Morgan fingerprint density at radius 2 is 2.00 bits per heavy atom. The minimum absolute atomic E-state index is 0.126. The fourth-order valence-corrected chi connectivity index (χ4v) is 2.73. The SMILES string of the molecule is CCOC(=O)c1sc(N)c(C#N)c1COC(=O)c1ccncc1.